The second kappa shape index (κ2) is 7.56. The Morgan fingerprint density at radius 1 is 1.25 bits per heavy atom. The number of anilines is 1. The maximum Gasteiger partial charge on any atom is 0.227 e. The minimum Gasteiger partial charge on any atom is -0.382 e. The van der Waals surface area contributed by atoms with Gasteiger partial charge in [-0.3, -0.25) is 4.79 Å². The maximum absolute atomic E-state index is 12.4. The van der Waals surface area contributed by atoms with E-state index in [0.717, 1.165) is 32.5 Å². The molecule has 0 atom stereocenters. The third-order valence-electron chi connectivity index (χ3n) is 4.53. The molecule has 1 N–H and O–H groups in total. The number of carbonyl (C=O) groups excluding carboxylic acids is 1. The highest BCUT2D eigenvalue weighted by molar-refractivity contribution is 5.81. The Morgan fingerprint density at radius 3 is 2.42 bits per heavy atom. The molecule has 1 amide bonds. The van der Waals surface area contributed by atoms with Gasteiger partial charge in [0.25, 0.3) is 0 Å². The Balaban J connectivity index is 1.98. The van der Waals surface area contributed by atoms with Gasteiger partial charge < -0.3 is 15.1 Å². The molecular formula is C20H33N3O. The Bertz CT molecular complexity index is 567. The zero-order valence-corrected chi connectivity index (χ0v) is 16.1. The van der Waals surface area contributed by atoms with E-state index in [0.29, 0.717) is 6.04 Å². The molecule has 0 bridgehead atoms. The number of nitrogens with one attached hydrogen (secondary N) is 1. The van der Waals surface area contributed by atoms with Crippen molar-refractivity contribution >= 4 is 11.6 Å². The van der Waals surface area contributed by atoms with Gasteiger partial charge in [0.2, 0.25) is 5.91 Å². The van der Waals surface area contributed by atoms with Gasteiger partial charge in [-0.05, 0) is 45.5 Å². The van der Waals surface area contributed by atoms with Crippen LogP contribution in [0.25, 0.3) is 0 Å². The van der Waals surface area contributed by atoms with E-state index in [2.05, 4.69) is 49.4 Å². The van der Waals surface area contributed by atoms with Crippen LogP contribution in [0.4, 0.5) is 5.69 Å². The van der Waals surface area contributed by atoms with Crippen molar-refractivity contribution in [1.29, 1.82) is 0 Å². The number of rotatable bonds is 4. The standard InChI is InChI=1S/C20H33N3O/c1-15-7-8-18(16(13-15)14-22(5)6)21-17-9-11-23(12-10-17)19(24)20(2,3)4/h7-8,13,17,21H,9-12,14H2,1-6H3. The summed E-state index contributed by atoms with van der Waals surface area (Å²) >= 11 is 0. The monoisotopic (exact) mass is 331 g/mol. The van der Waals surface area contributed by atoms with Gasteiger partial charge in [-0.2, -0.15) is 0 Å². The van der Waals surface area contributed by atoms with E-state index in [4.69, 9.17) is 0 Å². The molecular weight excluding hydrogens is 298 g/mol. The minimum atomic E-state index is -0.282. The third-order valence-corrected chi connectivity index (χ3v) is 4.53. The van der Waals surface area contributed by atoms with Crippen molar-refractivity contribution in [2.24, 2.45) is 5.41 Å². The molecule has 134 valence electrons. The molecule has 4 heteroatoms. The van der Waals surface area contributed by atoms with Crippen LogP contribution in [-0.2, 0) is 11.3 Å². The van der Waals surface area contributed by atoms with Gasteiger partial charge in [0.05, 0.1) is 0 Å². The zero-order valence-electron chi connectivity index (χ0n) is 16.1. The summed E-state index contributed by atoms with van der Waals surface area (Å²) in [4.78, 5) is 16.6. The summed E-state index contributed by atoms with van der Waals surface area (Å²) < 4.78 is 0. The molecule has 0 unspecified atom stereocenters. The van der Waals surface area contributed by atoms with Crippen LogP contribution in [0.3, 0.4) is 0 Å². The number of carbonyl (C=O) groups is 1. The molecule has 1 aromatic rings. The van der Waals surface area contributed by atoms with Crippen molar-refractivity contribution in [3.05, 3.63) is 29.3 Å². The van der Waals surface area contributed by atoms with Crippen LogP contribution in [0.2, 0.25) is 0 Å². The van der Waals surface area contributed by atoms with Gasteiger partial charge >= 0.3 is 0 Å². The van der Waals surface area contributed by atoms with Gasteiger partial charge in [-0.25, -0.2) is 0 Å². The minimum absolute atomic E-state index is 0.268. The predicted octanol–water partition coefficient (Wildman–Crippen LogP) is 3.51. The molecule has 1 aliphatic rings. The third kappa shape index (κ3) is 4.97. The highest BCUT2D eigenvalue weighted by atomic mass is 16.2. The van der Waals surface area contributed by atoms with E-state index in [9.17, 15) is 4.79 Å². The summed E-state index contributed by atoms with van der Waals surface area (Å²) in [5.41, 5.74) is 3.59. The van der Waals surface area contributed by atoms with Crippen molar-refractivity contribution in [2.45, 2.75) is 53.1 Å². The van der Waals surface area contributed by atoms with E-state index in [-0.39, 0.29) is 11.3 Å². The highest BCUT2D eigenvalue weighted by Crippen LogP contribution is 2.25. The number of likely N-dealkylation sites (tertiary alicyclic amines) is 1. The molecule has 1 aromatic carbocycles. The highest BCUT2D eigenvalue weighted by Gasteiger charge is 2.30. The fourth-order valence-electron chi connectivity index (χ4n) is 3.26. The average Bonchev–Trinajstić information content (AvgIpc) is 2.48. The largest absolute Gasteiger partial charge is 0.382 e. The zero-order chi connectivity index (χ0) is 17.9. The van der Waals surface area contributed by atoms with E-state index in [1.807, 2.05) is 25.7 Å². The first-order valence-electron chi connectivity index (χ1n) is 8.97. The normalized spacial score (nSPS) is 16.5. The molecule has 0 radical (unpaired) electrons. The first-order chi connectivity index (χ1) is 11.2. The number of hydrogen-bond acceptors (Lipinski definition) is 3. The maximum atomic E-state index is 12.4. The van der Waals surface area contributed by atoms with Gasteiger partial charge in [-0.15, -0.1) is 0 Å². The predicted molar refractivity (Wildman–Crippen MR) is 101 cm³/mol. The van der Waals surface area contributed by atoms with Crippen LogP contribution in [0.15, 0.2) is 18.2 Å². The Morgan fingerprint density at radius 2 is 1.88 bits per heavy atom. The number of hydrogen-bond donors (Lipinski definition) is 1. The van der Waals surface area contributed by atoms with Gasteiger partial charge in [0, 0.05) is 36.8 Å². The molecule has 2 rings (SSSR count). The van der Waals surface area contributed by atoms with E-state index >= 15 is 0 Å². The lowest BCUT2D eigenvalue weighted by molar-refractivity contribution is -0.140. The van der Waals surface area contributed by atoms with Crippen LogP contribution >= 0.6 is 0 Å². The fourth-order valence-corrected chi connectivity index (χ4v) is 3.26. The summed E-state index contributed by atoms with van der Waals surface area (Å²) in [7, 11) is 4.20. The summed E-state index contributed by atoms with van der Waals surface area (Å²) in [6.45, 7) is 10.8. The van der Waals surface area contributed by atoms with Crippen molar-refractivity contribution in [1.82, 2.24) is 9.80 Å². The fraction of sp³-hybridized carbons (Fsp3) is 0.650. The van der Waals surface area contributed by atoms with Crippen LogP contribution < -0.4 is 5.32 Å². The number of piperidine rings is 1. The van der Waals surface area contributed by atoms with E-state index in [1.54, 1.807) is 0 Å². The summed E-state index contributed by atoms with van der Waals surface area (Å²) in [6.07, 6.45) is 2.02. The van der Waals surface area contributed by atoms with Crippen LogP contribution in [0, 0.1) is 12.3 Å². The Kier molecular flexibility index (Phi) is 5.92. The van der Waals surface area contributed by atoms with Gasteiger partial charge in [0.1, 0.15) is 0 Å². The summed E-state index contributed by atoms with van der Waals surface area (Å²) in [5, 5.41) is 3.72. The first kappa shape index (κ1) is 18.8. The molecule has 0 spiro atoms. The second-order valence-electron chi connectivity index (χ2n) is 8.36. The van der Waals surface area contributed by atoms with Crippen molar-refractivity contribution in [3.63, 3.8) is 0 Å². The summed E-state index contributed by atoms with van der Waals surface area (Å²) in [6, 6.07) is 7.07. The second-order valence-corrected chi connectivity index (χ2v) is 8.36. The molecule has 1 saturated heterocycles. The number of nitrogens with zero attached hydrogens (tertiary/aromatic N) is 2. The van der Waals surface area contributed by atoms with Crippen LogP contribution in [0.1, 0.15) is 44.7 Å². The molecule has 1 heterocycles. The summed E-state index contributed by atoms with van der Waals surface area (Å²) in [5.74, 6) is 0.268. The van der Waals surface area contributed by atoms with Crippen molar-refractivity contribution < 1.29 is 4.79 Å². The Labute approximate surface area is 147 Å². The van der Waals surface area contributed by atoms with Gasteiger partial charge in [0.15, 0.2) is 0 Å². The number of benzene rings is 1. The number of aryl methyl sites for hydroxylation is 1. The topological polar surface area (TPSA) is 35.6 Å². The number of amides is 1. The van der Waals surface area contributed by atoms with Crippen molar-refractivity contribution in [3.8, 4) is 0 Å². The Hall–Kier alpha value is -1.55. The molecule has 1 aliphatic heterocycles. The van der Waals surface area contributed by atoms with Crippen LogP contribution in [-0.4, -0.2) is 48.9 Å². The average molecular weight is 332 g/mol. The lowest BCUT2D eigenvalue weighted by Gasteiger charge is -2.36. The molecule has 4 nitrogen and oxygen atoms in total. The lowest BCUT2D eigenvalue weighted by Crippen LogP contribution is -2.46. The van der Waals surface area contributed by atoms with Crippen LogP contribution in [0.5, 0.6) is 0 Å². The van der Waals surface area contributed by atoms with Crippen molar-refractivity contribution in [2.75, 3.05) is 32.5 Å². The SMILES string of the molecule is Cc1ccc(NC2CCN(C(=O)C(C)(C)C)CC2)c(CN(C)C)c1. The quantitative estimate of drug-likeness (QED) is 0.917. The van der Waals surface area contributed by atoms with E-state index in [1.165, 1.54) is 16.8 Å². The first-order valence-corrected chi connectivity index (χ1v) is 8.97. The molecule has 0 aromatic heterocycles. The van der Waals surface area contributed by atoms with Gasteiger partial charge in [-0.1, -0.05) is 38.5 Å². The lowest BCUT2D eigenvalue weighted by atomic mass is 9.93. The molecule has 0 saturated carbocycles. The molecule has 0 aliphatic carbocycles. The molecule has 1 fully saturated rings. The van der Waals surface area contributed by atoms with E-state index < -0.39 is 0 Å². The molecule has 24 heavy (non-hydrogen) atoms. The smallest absolute Gasteiger partial charge is 0.227 e.